The second-order valence-corrected chi connectivity index (χ2v) is 3.67. The van der Waals surface area contributed by atoms with E-state index in [0.717, 1.165) is 10.3 Å². The molecule has 1 saturated heterocycles. The molecule has 1 aliphatic rings. The van der Waals surface area contributed by atoms with Crippen LogP contribution in [0.4, 0.5) is 10.2 Å². The van der Waals surface area contributed by atoms with E-state index < -0.39 is 6.17 Å². The molecule has 12 heavy (non-hydrogen) atoms. The van der Waals surface area contributed by atoms with E-state index in [1.165, 1.54) is 0 Å². The highest BCUT2D eigenvalue weighted by molar-refractivity contribution is 9.10. The maximum Gasteiger partial charge on any atom is 0.143 e. The Balaban J connectivity index is 2.18. The number of hydrogen-bond acceptors (Lipinski definition) is 2. The maximum atomic E-state index is 12.5. The van der Waals surface area contributed by atoms with Crippen LogP contribution in [0.25, 0.3) is 0 Å². The zero-order valence-electron chi connectivity index (χ0n) is 6.37. The minimum absolute atomic E-state index is 0.468. The average Bonchev–Trinajstić information content (AvgIpc) is 2.01. The molecular weight excluding hydrogens is 223 g/mol. The van der Waals surface area contributed by atoms with Crippen LogP contribution in [0.1, 0.15) is 0 Å². The second-order valence-electron chi connectivity index (χ2n) is 2.81. The van der Waals surface area contributed by atoms with Gasteiger partial charge in [-0.3, -0.25) is 0 Å². The highest BCUT2D eigenvalue weighted by Crippen LogP contribution is 2.27. The third kappa shape index (κ3) is 1.31. The molecule has 1 aromatic rings. The molecule has 0 aromatic carbocycles. The van der Waals surface area contributed by atoms with Crippen molar-refractivity contribution in [2.24, 2.45) is 0 Å². The summed E-state index contributed by atoms with van der Waals surface area (Å²) in [6.07, 6.45) is 1.03. The fourth-order valence-electron chi connectivity index (χ4n) is 1.21. The molecule has 0 spiro atoms. The number of alkyl halides is 1. The molecule has 2 heterocycles. The Kier molecular flexibility index (Phi) is 2.00. The Hall–Kier alpha value is -0.640. The molecule has 2 rings (SSSR count). The van der Waals surface area contributed by atoms with E-state index in [-0.39, 0.29) is 0 Å². The molecule has 1 aromatic heterocycles. The van der Waals surface area contributed by atoms with Gasteiger partial charge in [-0.05, 0) is 28.1 Å². The molecule has 0 radical (unpaired) electrons. The van der Waals surface area contributed by atoms with Gasteiger partial charge >= 0.3 is 0 Å². The number of hydrogen-bond donors (Lipinski definition) is 0. The Morgan fingerprint density at radius 1 is 1.58 bits per heavy atom. The van der Waals surface area contributed by atoms with Gasteiger partial charge in [0, 0.05) is 6.20 Å². The molecule has 64 valence electrons. The summed E-state index contributed by atoms with van der Waals surface area (Å²) < 4.78 is 13.4. The van der Waals surface area contributed by atoms with Crippen molar-refractivity contribution in [1.82, 2.24) is 4.98 Å². The first-order valence-corrected chi connectivity index (χ1v) is 4.56. The van der Waals surface area contributed by atoms with Crippen LogP contribution < -0.4 is 4.90 Å². The summed E-state index contributed by atoms with van der Waals surface area (Å²) in [5.74, 6) is 0.839. The first-order chi connectivity index (χ1) is 5.77. The van der Waals surface area contributed by atoms with Gasteiger partial charge in [0.25, 0.3) is 0 Å². The van der Waals surface area contributed by atoms with E-state index in [2.05, 4.69) is 20.9 Å². The van der Waals surface area contributed by atoms with Crippen molar-refractivity contribution < 1.29 is 4.39 Å². The third-order valence-corrected chi connectivity index (χ3v) is 2.49. The Labute approximate surface area is 78.5 Å². The molecular formula is C8H8BrFN2. The lowest BCUT2D eigenvalue weighted by atomic mass is 10.2. The van der Waals surface area contributed by atoms with Crippen molar-refractivity contribution in [3.05, 3.63) is 22.8 Å². The lowest BCUT2D eigenvalue weighted by Crippen LogP contribution is -2.49. The van der Waals surface area contributed by atoms with E-state index >= 15 is 0 Å². The van der Waals surface area contributed by atoms with E-state index in [1.807, 2.05) is 17.0 Å². The summed E-state index contributed by atoms with van der Waals surface area (Å²) in [5.41, 5.74) is 0. The smallest absolute Gasteiger partial charge is 0.143 e. The van der Waals surface area contributed by atoms with Crippen LogP contribution in [0.15, 0.2) is 22.8 Å². The summed E-state index contributed by atoms with van der Waals surface area (Å²) in [5, 5.41) is 0. The van der Waals surface area contributed by atoms with E-state index in [0.29, 0.717) is 13.1 Å². The predicted octanol–water partition coefficient (Wildman–Crippen LogP) is 2.00. The predicted molar refractivity (Wildman–Crippen MR) is 49.0 cm³/mol. The maximum absolute atomic E-state index is 12.5. The first-order valence-electron chi connectivity index (χ1n) is 3.77. The van der Waals surface area contributed by atoms with Gasteiger partial charge in [0.1, 0.15) is 12.0 Å². The summed E-state index contributed by atoms with van der Waals surface area (Å²) in [4.78, 5) is 6.06. The number of halogens is 2. The molecule has 0 bridgehead atoms. The molecule has 0 saturated carbocycles. The van der Waals surface area contributed by atoms with Crippen LogP contribution in [-0.2, 0) is 0 Å². The molecule has 1 fully saturated rings. The van der Waals surface area contributed by atoms with Gasteiger partial charge in [0.05, 0.1) is 17.6 Å². The Bertz CT molecular complexity index is 286. The summed E-state index contributed by atoms with van der Waals surface area (Å²) >= 11 is 3.36. The van der Waals surface area contributed by atoms with Gasteiger partial charge in [-0.2, -0.15) is 0 Å². The van der Waals surface area contributed by atoms with Crippen molar-refractivity contribution in [2.75, 3.05) is 18.0 Å². The number of rotatable bonds is 1. The standard InChI is InChI=1S/C8H8BrFN2/c9-7-2-1-3-11-8(7)12-4-6(10)5-12/h1-3,6H,4-5H2. The van der Waals surface area contributed by atoms with Gasteiger partial charge in [-0.1, -0.05) is 0 Å². The molecule has 0 N–H and O–H groups in total. The minimum Gasteiger partial charge on any atom is -0.350 e. The fraction of sp³-hybridized carbons (Fsp3) is 0.375. The average molecular weight is 231 g/mol. The van der Waals surface area contributed by atoms with Gasteiger partial charge < -0.3 is 4.90 Å². The Morgan fingerprint density at radius 3 is 2.92 bits per heavy atom. The van der Waals surface area contributed by atoms with Crippen LogP contribution in [0, 0.1) is 0 Å². The van der Waals surface area contributed by atoms with Crippen LogP contribution in [0.3, 0.4) is 0 Å². The van der Waals surface area contributed by atoms with Gasteiger partial charge in [-0.15, -0.1) is 0 Å². The molecule has 0 amide bonds. The molecule has 0 atom stereocenters. The summed E-state index contributed by atoms with van der Waals surface area (Å²) in [6.45, 7) is 0.936. The topological polar surface area (TPSA) is 16.1 Å². The minimum atomic E-state index is -0.682. The monoisotopic (exact) mass is 230 g/mol. The van der Waals surface area contributed by atoms with Crippen molar-refractivity contribution >= 4 is 21.7 Å². The number of nitrogens with zero attached hydrogens (tertiary/aromatic N) is 2. The van der Waals surface area contributed by atoms with Gasteiger partial charge in [0.15, 0.2) is 0 Å². The highest BCUT2D eigenvalue weighted by atomic mass is 79.9. The zero-order chi connectivity index (χ0) is 8.55. The van der Waals surface area contributed by atoms with E-state index in [4.69, 9.17) is 0 Å². The SMILES string of the molecule is FC1CN(c2ncccc2Br)C1. The zero-order valence-corrected chi connectivity index (χ0v) is 7.96. The van der Waals surface area contributed by atoms with E-state index in [1.54, 1.807) is 6.20 Å². The lowest BCUT2D eigenvalue weighted by molar-refractivity contribution is 0.273. The van der Waals surface area contributed by atoms with Crippen LogP contribution in [0.2, 0.25) is 0 Å². The van der Waals surface area contributed by atoms with Crippen molar-refractivity contribution in [3.63, 3.8) is 0 Å². The highest BCUT2D eigenvalue weighted by Gasteiger charge is 2.28. The van der Waals surface area contributed by atoms with Crippen molar-refractivity contribution in [1.29, 1.82) is 0 Å². The van der Waals surface area contributed by atoms with Crippen LogP contribution >= 0.6 is 15.9 Å². The third-order valence-electron chi connectivity index (χ3n) is 1.88. The van der Waals surface area contributed by atoms with E-state index in [9.17, 15) is 4.39 Å². The molecule has 1 aliphatic heterocycles. The molecule has 0 unspecified atom stereocenters. The molecule has 2 nitrogen and oxygen atoms in total. The Morgan fingerprint density at radius 2 is 2.33 bits per heavy atom. The fourth-order valence-corrected chi connectivity index (χ4v) is 1.71. The molecule has 0 aliphatic carbocycles. The van der Waals surface area contributed by atoms with Crippen LogP contribution in [-0.4, -0.2) is 24.2 Å². The first kappa shape index (κ1) is 7.98. The quantitative estimate of drug-likeness (QED) is 0.734. The second kappa shape index (κ2) is 3.01. The normalized spacial score (nSPS) is 17.7. The van der Waals surface area contributed by atoms with Crippen LogP contribution in [0.5, 0.6) is 0 Å². The number of anilines is 1. The van der Waals surface area contributed by atoms with Crippen molar-refractivity contribution in [3.8, 4) is 0 Å². The van der Waals surface area contributed by atoms with Gasteiger partial charge in [-0.25, -0.2) is 9.37 Å². The lowest BCUT2D eigenvalue weighted by Gasteiger charge is -2.35. The largest absolute Gasteiger partial charge is 0.350 e. The summed E-state index contributed by atoms with van der Waals surface area (Å²) in [7, 11) is 0. The summed E-state index contributed by atoms with van der Waals surface area (Å²) in [6, 6.07) is 3.76. The number of aromatic nitrogens is 1. The number of pyridine rings is 1. The molecule has 4 heteroatoms. The van der Waals surface area contributed by atoms with Crippen molar-refractivity contribution in [2.45, 2.75) is 6.17 Å². The van der Waals surface area contributed by atoms with Gasteiger partial charge in [0.2, 0.25) is 0 Å².